The Hall–Kier alpha value is -3.91. The Morgan fingerprint density at radius 1 is 1.10 bits per heavy atom. The second-order valence-electron chi connectivity index (χ2n) is 9.69. The molecule has 1 aliphatic heterocycles. The molecule has 2 atom stereocenters. The maximum atomic E-state index is 13.0. The first-order valence-corrected chi connectivity index (χ1v) is 14.5. The minimum Gasteiger partial charge on any atom is -0.353 e. The van der Waals surface area contributed by atoms with Gasteiger partial charge in [-0.2, -0.15) is 18.4 Å². The van der Waals surface area contributed by atoms with E-state index in [-0.39, 0.29) is 35.1 Å². The molecule has 1 aliphatic rings. The van der Waals surface area contributed by atoms with Crippen molar-refractivity contribution in [3.05, 3.63) is 89.1 Å². The number of carbonyl (C=O) groups excluding carboxylic acids is 1. The Morgan fingerprint density at radius 2 is 1.80 bits per heavy atom. The van der Waals surface area contributed by atoms with Crippen molar-refractivity contribution >= 4 is 21.6 Å². The zero-order chi connectivity index (χ0) is 28.9. The number of aromatic nitrogens is 1. The lowest BCUT2D eigenvalue weighted by Gasteiger charge is -2.25. The number of nitrogens with one attached hydrogen (secondary N) is 1. The second kappa shape index (κ2) is 12.1. The van der Waals surface area contributed by atoms with Gasteiger partial charge in [0.2, 0.25) is 0 Å². The Labute approximate surface area is 231 Å². The zero-order valence-corrected chi connectivity index (χ0v) is 22.7. The Kier molecular flexibility index (Phi) is 8.79. The van der Waals surface area contributed by atoms with Gasteiger partial charge in [0.1, 0.15) is 5.82 Å². The second-order valence-corrected chi connectivity index (χ2v) is 12.0. The van der Waals surface area contributed by atoms with Crippen LogP contribution in [0.3, 0.4) is 0 Å². The van der Waals surface area contributed by atoms with Crippen LogP contribution in [0.1, 0.15) is 59.2 Å². The van der Waals surface area contributed by atoms with Crippen LogP contribution in [-0.4, -0.2) is 37.6 Å². The molecule has 1 unspecified atom stereocenters. The average Bonchev–Trinajstić information content (AvgIpc) is 3.39. The van der Waals surface area contributed by atoms with Crippen LogP contribution in [0.2, 0.25) is 0 Å². The quantitative estimate of drug-likeness (QED) is 0.365. The fourth-order valence-corrected chi connectivity index (χ4v) is 5.73. The molecule has 210 valence electrons. The van der Waals surface area contributed by atoms with Crippen molar-refractivity contribution in [3.8, 4) is 6.07 Å². The third-order valence-corrected chi connectivity index (χ3v) is 8.88. The predicted octanol–water partition coefficient (Wildman–Crippen LogP) is 5.49. The average molecular weight is 571 g/mol. The number of carbonyl (C=O) groups is 1. The van der Waals surface area contributed by atoms with Gasteiger partial charge in [-0.25, -0.2) is 13.4 Å². The van der Waals surface area contributed by atoms with Gasteiger partial charge in [-0.1, -0.05) is 31.2 Å². The summed E-state index contributed by atoms with van der Waals surface area (Å²) in [6.07, 6.45) is -1.32. The lowest BCUT2D eigenvalue weighted by Crippen LogP contribution is -2.30. The van der Waals surface area contributed by atoms with Gasteiger partial charge >= 0.3 is 6.18 Å². The summed E-state index contributed by atoms with van der Waals surface area (Å²) in [5, 5.41) is 11.9. The summed E-state index contributed by atoms with van der Waals surface area (Å²) in [4.78, 5) is 19.5. The number of amides is 1. The van der Waals surface area contributed by atoms with Crippen molar-refractivity contribution in [1.29, 1.82) is 5.26 Å². The zero-order valence-electron chi connectivity index (χ0n) is 21.9. The first kappa shape index (κ1) is 29.1. The molecular formula is C29H29F3N4O3S. The van der Waals surface area contributed by atoms with E-state index in [1.165, 1.54) is 30.5 Å². The van der Waals surface area contributed by atoms with Crippen molar-refractivity contribution in [3.63, 3.8) is 0 Å². The summed E-state index contributed by atoms with van der Waals surface area (Å²) < 4.78 is 62.9. The third-order valence-electron chi connectivity index (χ3n) is 7.13. The summed E-state index contributed by atoms with van der Waals surface area (Å²) in [6, 6.07) is 17.1. The molecule has 1 fully saturated rings. The van der Waals surface area contributed by atoms with Gasteiger partial charge in [0.05, 0.1) is 27.8 Å². The highest BCUT2D eigenvalue weighted by molar-refractivity contribution is 7.91. The van der Waals surface area contributed by atoms with E-state index in [0.717, 1.165) is 23.3 Å². The third kappa shape index (κ3) is 6.80. The molecule has 0 saturated carbocycles. The summed E-state index contributed by atoms with van der Waals surface area (Å²) in [7, 11) is -3.29. The minimum atomic E-state index is -4.39. The van der Waals surface area contributed by atoms with Gasteiger partial charge in [0.15, 0.2) is 9.84 Å². The van der Waals surface area contributed by atoms with Crippen molar-refractivity contribution in [2.45, 2.75) is 55.8 Å². The molecule has 3 aromatic rings. The minimum absolute atomic E-state index is 0.0122. The number of benzene rings is 2. The number of sulfone groups is 1. The number of anilines is 1. The van der Waals surface area contributed by atoms with Crippen molar-refractivity contribution in [2.75, 3.05) is 17.2 Å². The van der Waals surface area contributed by atoms with Crippen LogP contribution in [0.25, 0.3) is 0 Å². The standard InChI is InChI=1S/C29H29F3N4O3S/c1-2-40(38,39)26-12-5-20(6-13-26)17-35-28(37)22-9-14-27(34-18-22)36-19-23(16-25(36)4-3-15-33)21-7-10-24(11-8-21)29(30,31)32/h5-14,18,23,25H,2-4,16-17,19H2,1H3,(H,35,37)/t23?,25-/m1/s1. The molecule has 0 spiro atoms. The van der Waals surface area contributed by atoms with Crippen LogP contribution in [0.15, 0.2) is 71.8 Å². The molecule has 2 aromatic carbocycles. The number of alkyl halides is 3. The number of nitriles is 1. The van der Waals surface area contributed by atoms with Gasteiger partial charge in [-0.05, 0) is 60.4 Å². The molecule has 0 bridgehead atoms. The maximum Gasteiger partial charge on any atom is 0.416 e. The predicted molar refractivity (Wildman–Crippen MR) is 144 cm³/mol. The van der Waals surface area contributed by atoms with Gasteiger partial charge in [-0.3, -0.25) is 4.79 Å². The topological polar surface area (TPSA) is 103 Å². The SMILES string of the molecule is CCS(=O)(=O)c1ccc(CNC(=O)c2ccc(N3CC(c4ccc(C(F)(F)F)cc4)C[C@H]3CCC#N)nc2)cc1. The van der Waals surface area contributed by atoms with Crippen LogP contribution < -0.4 is 10.2 Å². The number of rotatable bonds is 9. The molecule has 0 radical (unpaired) electrons. The Bertz CT molecular complexity index is 1470. The molecule has 2 heterocycles. The summed E-state index contributed by atoms with van der Waals surface area (Å²) in [5.74, 6) is 0.281. The van der Waals surface area contributed by atoms with E-state index in [4.69, 9.17) is 5.26 Å². The van der Waals surface area contributed by atoms with E-state index in [1.807, 2.05) is 4.90 Å². The maximum absolute atomic E-state index is 13.0. The highest BCUT2D eigenvalue weighted by atomic mass is 32.2. The summed E-state index contributed by atoms with van der Waals surface area (Å²) in [6.45, 7) is 2.32. The van der Waals surface area contributed by atoms with E-state index in [0.29, 0.717) is 37.2 Å². The van der Waals surface area contributed by atoms with Crippen LogP contribution in [-0.2, 0) is 22.6 Å². The Balaban J connectivity index is 1.42. The van der Waals surface area contributed by atoms with Crippen LogP contribution in [0.4, 0.5) is 19.0 Å². The van der Waals surface area contributed by atoms with Crippen molar-refractivity contribution in [2.24, 2.45) is 0 Å². The molecule has 11 heteroatoms. The van der Waals surface area contributed by atoms with E-state index in [1.54, 1.807) is 31.2 Å². The highest BCUT2D eigenvalue weighted by Crippen LogP contribution is 2.37. The number of halogens is 3. The van der Waals surface area contributed by atoms with E-state index >= 15 is 0 Å². The van der Waals surface area contributed by atoms with E-state index < -0.39 is 21.6 Å². The first-order chi connectivity index (χ1) is 19.0. The number of hydrogen-bond acceptors (Lipinski definition) is 6. The van der Waals surface area contributed by atoms with Crippen molar-refractivity contribution in [1.82, 2.24) is 10.3 Å². The lowest BCUT2D eigenvalue weighted by atomic mass is 9.94. The monoisotopic (exact) mass is 570 g/mol. The molecule has 7 nitrogen and oxygen atoms in total. The van der Waals surface area contributed by atoms with Crippen LogP contribution >= 0.6 is 0 Å². The van der Waals surface area contributed by atoms with Gasteiger partial charge in [-0.15, -0.1) is 0 Å². The summed E-state index contributed by atoms with van der Waals surface area (Å²) >= 11 is 0. The molecule has 0 aliphatic carbocycles. The summed E-state index contributed by atoms with van der Waals surface area (Å²) in [5.41, 5.74) is 1.21. The molecule has 1 amide bonds. The van der Waals surface area contributed by atoms with Gasteiger partial charge < -0.3 is 10.2 Å². The molecule has 1 N–H and O–H groups in total. The van der Waals surface area contributed by atoms with Crippen LogP contribution in [0.5, 0.6) is 0 Å². The number of hydrogen-bond donors (Lipinski definition) is 1. The smallest absolute Gasteiger partial charge is 0.353 e. The van der Waals surface area contributed by atoms with Crippen LogP contribution in [0, 0.1) is 11.3 Å². The van der Waals surface area contributed by atoms with Gasteiger partial charge in [0, 0.05) is 37.7 Å². The van der Waals surface area contributed by atoms with E-state index in [9.17, 15) is 26.4 Å². The molecule has 1 saturated heterocycles. The molecule has 1 aromatic heterocycles. The largest absolute Gasteiger partial charge is 0.416 e. The number of nitrogens with zero attached hydrogens (tertiary/aromatic N) is 3. The number of pyridine rings is 1. The fraction of sp³-hybridized carbons (Fsp3) is 0.345. The fourth-order valence-electron chi connectivity index (χ4n) is 4.84. The lowest BCUT2D eigenvalue weighted by molar-refractivity contribution is -0.137. The van der Waals surface area contributed by atoms with Gasteiger partial charge in [0.25, 0.3) is 5.91 Å². The molecular weight excluding hydrogens is 541 g/mol. The highest BCUT2D eigenvalue weighted by Gasteiger charge is 2.35. The molecule has 40 heavy (non-hydrogen) atoms. The van der Waals surface area contributed by atoms with E-state index in [2.05, 4.69) is 16.4 Å². The molecule has 4 rings (SSSR count). The normalized spacial score (nSPS) is 17.4. The first-order valence-electron chi connectivity index (χ1n) is 12.9. The van der Waals surface area contributed by atoms with Crippen molar-refractivity contribution < 1.29 is 26.4 Å². The Morgan fingerprint density at radius 3 is 2.38 bits per heavy atom.